The van der Waals surface area contributed by atoms with Crippen LogP contribution in [0.25, 0.3) is 0 Å². The van der Waals surface area contributed by atoms with E-state index < -0.39 is 26.4 Å². The van der Waals surface area contributed by atoms with E-state index in [1.807, 2.05) is 55.4 Å². The maximum absolute atomic E-state index is 6.49. The molecule has 10 nitrogen and oxygen atoms in total. The van der Waals surface area contributed by atoms with Gasteiger partial charge in [-0.15, -0.1) is 0 Å². The van der Waals surface area contributed by atoms with Crippen molar-refractivity contribution < 1.29 is 39.8 Å². The van der Waals surface area contributed by atoms with Crippen molar-refractivity contribution in [2.75, 3.05) is 72.5 Å². The molecule has 0 rings (SSSR count). The van der Waals surface area contributed by atoms with Crippen LogP contribution in [0, 0.1) is 0 Å². The van der Waals surface area contributed by atoms with Gasteiger partial charge >= 0.3 is 26.4 Å². The van der Waals surface area contributed by atoms with Gasteiger partial charge in [-0.25, -0.2) is 0 Å². The molecule has 0 unspecified atom stereocenters. The molecule has 0 saturated carbocycles. The second-order valence-corrected chi connectivity index (χ2v) is 19.0. The lowest BCUT2D eigenvalue weighted by Crippen LogP contribution is -2.51. The molecule has 0 aromatic heterocycles. The summed E-state index contributed by atoms with van der Waals surface area (Å²) in [5.41, 5.74) is -0.339. The Morgan fingerprint density at radius 1 is 0.405 bits per heavy atom. The molecule has 0 aliphatic rings. The van der Waals surface area contributed by atoms with Crippen molar-refractivity contribution in [1.29, 1.82) is 0 Å². The first kappa shape index (κ1) is 42.3. The largest absolute Gasteiger partial charge is 0.501 e. The summed E-state index contributed by atoms with van der Waals surface area (Å²) in [6, 6.07) is 2.35. The standard InChI is InChI=1S/C29H67NO9Si3/c1-12-31-40(32-13-2,33-14-3)26-20-23-30(24-21-27-41(34-15-4,35-16-5)36-17-6)25-22-28-42(37-18-7,38-19-8)39-29(9,10)11/h12-28H2,1-11H3. The average molecular weight is 658 g/mol. The summed E-state index contributed by atoms with van der Waals surface area (Å²) in [6.07, 6.45) is 2.77. The minimum atomic E-state index is -2.82. The quantitative estimate of drug-likeness (QED) is 0.0845. The maximum atomic E-state index is 6.49. The molecule has 0 aromatic carbocycles. The second kappa shape index (κ2) is 23.6. The molecule has 0 fully saturated rings. The van der Waals surface area contributed by atoms with E-state index in [2.05, 4.69) is 25.7 Å². The highest BCUT2D eigenvalue weighted by Crippen LogP contribution is 2.26. The van der Waals surface area contributed by atoms with Gasteiger partial charge in [0.2, 0.25) is 0 Å². The minimum Gasteiger partial charge on any atom is -0.374 e. The van der Waals surface area contributed by atoms with E-state index in [9.17, 15) is 0 Å². The lowest BCUT2D eigenvalue weighted by Gasteiger charge is -2.36. The molecule has 0 spiro atoms. The molecule has 0 heterocycles. The Morgan fingerprint density at radius 3 is 0.881 bits per heavy atom. The SMILES string of the molecule is CCO[Si](CCCN(CCC[Si](OCC)(OCC)OCC)CCC[Si](OCC)(OCC)OC(C)(C)C)(OCC)OCC. The van der Waals surface area contributed by atoms with E-state index in [1.165, 1.54) is 0 Å². The van der Waals surface area contributed by atoms with Crippen molar-refractivity contribution >= 4 is 26.4 Å². The Labute approximate surface area is 262 Å². The molecule has 0 aliphatic carbocycles. The van der Waals surface area contributed by atoms with E-state index >= 15 is 0 Å². The molecule has 254 valence electrons. The summed E-state index contributed by atoms with van der Waals surface area (Å²) in [6.45, 7) is 29.6. The van der Waals surface area contributed by atoms with Crippen molar-refractivity contribution in [2.24, 2.45) is 0 Å². The molecule has 0 aliphatic heterocycles. The van der Waals surface area contributed by atoms with E-state index in [4.69, 9.17) is 39.8 Å². The van der Waals surface area contributed by atoms with Crippen molar-refractivity contribution in [1.82, 2.24) is 4.90 Å². The van der Waals surface area contributed by atoms with Crippen LogP contribution in [-0.4, -0.2) is 109 Å². The van der Waals surface area contributed by atoms with Crippen molar-refractivity contribution in [2.45, 2.75) is 119 Å². The maximum Gasteiger partial charge on any atom is 0.501 e. The first-order chi connectivity index (χ1) is 20.0. The highest BCUT2D eigenvalue weighted by atomic mass is 28.4. The topological polar surface area (TPSA) is 86.3 Å². The van der Waals surface area contributed by atoms with Gasteiger partial charge in [-0.3, -0.25) is 0 Å². The summed E-state index contributed by atoms with van der Waals surface area (Å²) in [5, 5.41) is 0. The molecule has 42 heavy (non-hydrogen) atoms. The van der Waals surface area contributed by atoms with Crippen molar-refractivity contribution in [3.63, 3.8) is 0 Å². The third kappa shape index (κ3) is 17.7. The molecule has 0 atom stereocenters. The van der Waals surface area contributed by atoms with Gasteiger partial charge in [0.1, 0.15) is 0 Å². The van der Waals surface area contributed by atoms with Gasteiger partial charge in [-0.2, -0.15) is 0 Å². The van der Waals surface area contributed by atoms with Crippen LogP contribution in [0.15, 0.2) is 0 Å². The summed E-state index contributed by atoms with van der Waals surface area (Å²) in [7, 11) is -8.21. The lowest BCUT2D eigenvalue weighted by molar-refractivity contribution is -0.00119. The lowest BCUT2D eigenvalue weighted by atomic mass is 10.2. The smallest absolute Gasteiger partial charge is 0.374 e. The minimum absolute atomic E-state index is 0.339. The Bertz CT molecular complexity index is 572. The molecule has 0 amide bonds. The predicted octanol–water partition coefficient (Wildman–Crippen LogP) is 6.38. The summed E-state index contributed by atoms with van der Waals surface area (Å²) < 4.78 is 55.6. The predicted molar refractivity (Wildman–Crippen MR) is 176 cm³/mol. The zero-order valence-electron chi connectivity index (χ0n) is 29.1. The second-order valence-electron chi connectivity index (χ2n) is 10.9. The normalized spacial score (nSPS) is 13.4. The third-order valence-corrected chi connectivity index (χ3v) is 15.9. The van der Waals surface area contributed by atoms with Crippen LogP contribution in [0.2, 0.25) is 18.1 Å². The van der Waals surface area contributed by atoms with E-state index in [0.29, 0.717) is 52.9 Å². The third-order valence-electron chi connectivity index (χ3n) is 6.25. The zero-order valence-corrected chi connectivity index (χ0v) is 32.1. The molecule has 0 aromatic rings. The summed E-state index contributed by atoms with van der Waals surface area (Å²) >= 11 is 0. The Morgan fingerprint density at radius 2 is 0.643 bits per heavy atom. The van der Waals surface area contributed by atoms with Gasteiger partial charge in [0.05, 0.1) is 5.60 Å². The average Bonchev–Trinajstić information content (AvgIpc) is 2.89. The van der Waals surface area contributed by atoms with Crippen LogP contribution in [0.5, 0.6) is 0 Å². The fourth-order valence-electron chi connectivity index (χ4n) is 5.10. The molecule has 0 bridgehead atoms. The molecule has 0 saturated heterocycles. The highest BCUT2D eigenvalue weighted by Gasteiger charge is 2.44. The molecule has 0 radical (unpaired) electrons. The monoisotopic (exact) mass is 657 g/mol. The van der Waals surface area contributed by atoms with E-state index in [-0.39, 0.29) is 5.60 Å². The Balaban J connectivity index is 5.68. The van der Waals surface area contributed by atoms with Crippen molar-refractivity contribution in [3.05, 3.63) is 0 Å². The number of nitrogens with zero attached hydrogens (tertiary/aromatic N) is 1. The van der Waals surface area contributed by atoms with Gasteiger partial charge in [0.25, 0.3) is 0 Å². The van der Waals surface area contributed by atoms with E-state index in [1.54, 1.807) is 0 Å². The number of hydrogen-bond acceptors (Lipinski definition) is 10. The van der Waals surface area contributed by atoms with Gasteiger partial charge in [-0.05, 0) is 115 Å². The number of rotatable bonds is 29. The van der Waals surface area contributed by atoms with Gasteiger partial charge < -0.3 is 44.7 Å². The molecule has 0 N–H and O–H groups in total. The highest BCUT2D eigenvalue weighted by molar-refractivity contribution is 6.61. The van der Waals surface area contributed by atoms with Crippen LogP contribution in [0.4, 0.5) is 0 Å². The fourth-order valence-corrected chi connectivity index (χ4v) is 13.3. The van der Waals surface area contributed by atoms with Crippen molar-refractivity contribution in [3.8, 4) is 0 Å². The summed E-state index contributed by atoms with van der Waals surface area (Å²) in [4.78, 5) is 2.51. The van der Waals surface area contributed by atoms with E-state index in [0.717, 1.165) is 57.0 Å². The first-order valence-electron chi connectivity index (χ1n) is 16.5. The Kier molecular flexibility index (Phi) is 23.7. The first-order valence-corrected chi connectivity index (χ1v) is 22.3. The van der Waals surface area contributed by atoms with Gasteiger partial charge in [0, 0.05) is 71.0 Å². The van der Waals surface area contributed by atoms with Crippen LogP contribution >= 0.6 is 0 Å². The van der Waals surface area contributed by atoms with Crippen LogP contribution in [0.1, 0.15) is 95.4 Å². The molecular weight excluding hydrogens is 591 g/mol. The zero-order chi connectivity index (χ0) is 32.0. The van der Waals surface area contributed by atoms with Crippen LogP contribution in [0.3, 0.4) is 0 Å². The molecular formula is C29H67NO9Si3. The summed E-state index contributed by atoms with van der Waals surface area (Å²) in [5.74, 6) is 0. The van der Waals surface area contributed by atoms with Gasteiger partial charge in [0.15, 0.2) is 0 Å². The molecule has 13 heteroatoms. The van der Waals surface area contributed by atoms with Crippen LogP contribution < -0.4 is 0 Å². The van der Waals surface area contributed by atoms with Crippen LogP contribution in [-0.2, 0) is 39.8 Å². The number of hydrogen-bond donors (Lipinski definition) is 0. The Hall–Kier alpha value is 0.251. The fraction of sp³-hybridized carbons (Fsp3) is 1.00. The van der Waals surface area contributed by atoms with Gasteiger partial charge in [-0.1, -0.05) is 0 Å².